The summed E-state index contributed by atoms with van der Waals surface area (Å²) in [5.74, 6) is 1.09. The number of carbonyl (C=O) groups is 1. The van der Waals surface area contributed by atoms with E-state index in [0.717, 1.165) is 35.5 Å². The maximum Gasteiger partial charge on any atom is 0.247 e. The van der Waals surface area contributed by atoms with Gasteiger partial charge in [0.15, 0.2) is 0 Å². The van der Waals surface area contributed by atoms with E-state index in [0.29, 0.717) is 6.54 Å². The quantitative estimate of drug-likeness (QED) is 0.754. The van der Waals surface area contributed by atoms with E-state index in [1.165, 1.54) is 12.1 Å². The second-order valence-corrected chi connectivity index (χ2v) is 6.18. The van der Waals surface area contributed by atoms with Crippen LogP contribution in [0.4, 0.5) is 4.39 Å². The van der Waals surface area contributed by atoms with E-state index < -0.39 is 0 Å². The number of carbonyl (C=O) groups excluding carboxylic acids is 1. The summed E-state index contributed by atoms with van der Waals surface area (Å²) >= 11 is 0. The van der Waals surface area contributed by atoms with E-state index >= 15 is 0 Å². The van der Waals surface area contributed by atoms with Crippen LogP contribution in [0.15, 0.2) is 48.5 Å². The summed E-state index contributed by atoms with van der Waals surface area (Å²) in [6.45, 7) is 0.701. The third kappa shape index (κ3) is 3.87. The Morgan fingerprint density at radius 1 is 1.15 bits per heavy atom. The third-order valence-electron chi connectivity index (χ3n) is 4.62. The van der Waals surface area contributed by atoms with Gasteiger partial charge in [0.25, 0.3) is 0 Å². The van der Waals surface area contributed by atoms with E-state index in [1.54, 1.807) is 38.5 Å². The van der Waals surface area contributed by atoms with E-state index in [9.17, 15) is 9.18 Å². The molecule has 26 heavy (non-hydrogen) atoms. The first-order chi connectivity index (χ1) is 12.6. The molecule has 1 fully saturated rings. The van der Waals surface area contributed by atoms with Crippen molar-refractivity contribution < 1.29 is 18.7 Å². The molecule has 0 bridgehead atoms. The molecule has 0 aromatic heterocycles. The SMILES string of the molecule is COc1ccc([C@H]2CCCN2C(=O)/C=C/c2ccc(F)cc2)c(OC)c1. The molecule has 0 N–H and O–H groups in total. The molecule has 1 heterocycles. The lowest BCUT2D eigenvalue weighted by molar-refractivity contribution is -0.126. The van der Waals surface area contributed by atoms with Crippen LogP contribution in [0.3, 0.4) is 0 Å². The Morgan fingerprint density at radius 3 is 2.62 bits per heavy atom. The summed E-state index contributed by atoms with van der Waals surface area (Å²) < 4.78 is 23.7. The van der Waals surface area contributed by atoms with Crippen LogP contribution in [0.2, 0.25) is 0 Å². The van der Waals surface area contributed by atoms with Crippen molar-refractivity contribution in [2.75, 3.05) is 20.8 Å². The van der Waals surface area contributed by atoms with Crippen molar-refractivity contribution in [1.29, 1.82) is 0 Å². The standard InChI is InChI=1S/C21H22FNO3/c1-25-17-10-11-18(20(14-17)26-2)19-4-3-13-23(19)21(24)12-7-15-5-8-16(22)9-6-15/h5-12,14,19H,3-4,13H2,1-2H3/b12-7+/t19-/m1/s1. The van der Waals surface area contributed by atoms with Gasteiger partial charge in [0.2, 0.25) is 5.91 Å². The van der Waals surface area contributed by atoms with Gasteiger partial charge in [-0.05, 0) is 48.7 Å². The van der Waals surface area contributed by atoms with Crippen LogP contribution in [0.25, 0.3) is 6.08 Å². The zero-order valence-corrected chi connectivity index (χ0v) is 14.9. The normalized spacial score (nSPS) is 16.9. The number of amides is 1. The van der Waals surface area contributed by atoms with Gasteiger partial charge in [-0.25, -0.2) is 4.39 Å². The lowest BCUT2D eigenvalue weighted by Crippen LogP contribution is -2.29. The highest BCUT2D eigenvalue weighted by molar-refractivity contribution is 5.92. The van der Waals surface area contributed by atoms with E-state index in [4.69, 9.17) is 9.47 Å². The molecule has 0 saturated carbocycles. The molecule has 0 radical (unpaired) electrons. The molecule has 4 nitrogen and oxygen atoms in total. The molecule has 1 saturated heterocycles. The van der Waals surface area contributed by atoms with E-state index in [1.807, 2.05) is 23.1 Å². The molecular formula is C21H22FNO3. The third-order valence-corrected chi connectivity index (χ3v) is 4.62. The lowest BCUT2D eigenvalue weighted by atomic mass is 10.0. The molecule has 136 valence electrons. The zero-order valence-electron chi connectivity index (χ0n) is 14.9. The highest BCUT2D eigenvalue weighted by atomic mass is 19.1. The topological polar surface area (TPSA) is 38.8 Å². The number of benzene rings is 2. The summed E-state index contributed by atoms with van der Waals surface area (Å²) in [5.41, 5.74) is 1.77. The van der Waals surface area contributed by atoms with Crippen molar-refractivity contribution >= 4 is 12.0 Å². The Labute approximate surface area is 152 Å². The minimum Gasteiger partial charge on any atom is -0.497 e. The van der Waals surface area contributed by atoms with Crippen molar-refractivity contribution in [2.45, 2.75) is 18.9 Å². The van der Waals surface area contributed by atoms with Crippen molar-refractivity contribution in [3.8, 4) is 11.5 Å². The van der Waals surface area contributed by atoms with Crippen molar-refractivity contribution in [3.63, 3.8) is 0 Å². The molecule has 1 aliphatic rings. The smallest absolute Gasteiger partial charge is 0.247 e. The Kier molecular flexibility index (Phi) is 5.56. The monoisotopic (exact) mass is 355 g/mol. The number of hydrogen-bond donors (Lipinski definition) is 0. The summed E-state index contributed by atoms with van der Waals surface area (Å²) in [6.07, 6.45) is 5.08. The van der Waals surface area contributed by atoms with Crippen LogP contribution in [0.1, 0.15) is 30.0 Å². The Morgan fingerprint density at radius 2 is 1.92 bits per heavy atom. The molecule has 5 heteroatoms. The summed E-state index contributed by atoms with van der Waals surface area (Å²) in [6, 6.07) is 11.7. The van der Waals surface area contributed by atoms with Gasteiger partial charge in [-0.3, -0.25) is 4.79 Å². The second-order valence-electron chi connectivity index (χ2n) is 6.18. The maximum absolute atomic E-state index is 13.0. The second kappa shape index (κ2) is 8.04. The van der Waals surface area contributed by atoms with Gasteiger partial charge in [-0.2, -0.15) is 0 Å². The van der Waals surface area contributed by atoms with Crippen LogP contribution in [0.5, 0.6) is 11.5 Å². The average Bonchev–Trinajstić information content (AvgIpc) is 3.16. The fourth-order valence-electron chi connectivity index (χ4n) is 3.28. The van der Waals surface area contributed by atoms with Gasteiger partial charge >= 0.3 is 0 Å². The molecule has 1 aliphatic heterocycles. The number of rotatable bonds is 5. The first-order valence-corrected chi connectivity index (χ1v) is 8.58. The van der Waals surface area contributed by atoms with Crippen LogP contribution in [-0.4, -0.2) is 31.6 Å². The van der Waals surface area contributed by atoms with Crippen LogP contribution in [-0.2, 0) is 4.79 Å². The fourth-order valence-corrected chi connectivity index (χ4v) is 3.28. The van der Waals surface area contributed by atoms with Crippen molar-refractivity contribution in [2.24, 2.45) is 0 Å². The van der Waals surface area contributed by atoms with Crippen LogP contribution >= 0.6 is 0 Å². The molecule has 0 unspecified atom stereocenters. The van der Waals surface area contributed by atoms with Gasteiger partial charge in [-0.15, -0.1) is 0 Å². The fraction of sp³-hybridized carbons (Fsp3) is 0.286. The van der Waals surface area contributed by atoms with Gasteiger partial charge in [-0.1, -0.05) is 12.1 Å². The molecule has 1 amide bonds. The average molecular weight is 355 g/mol. The number of halogens is 1. The summed E-state index contributed by atoms with van der Waals surface area (Å²) in [4.78, 5) is 14.5. The Bertz CT molecular complexity index is 801. The Hall–Kier alpha value is -2.82. The van der Waals surface area contributed by atoms with Crippen LogP contribution in [0, 0.1) is 5.82 Å². The van der Waals surface area contributed by atoms with Crippen molar-refractivity contribution in [1.82, 2.24) is 4.90 Å². The summed E-state index contributed by atoms with van der Waals surface area (Å²) in [7, 11) is 3.23. The first kappa shape index (κ1) is 18.0. The van der Waals surface area contributed by atoms with Gasteiger partial charge in [0.05, 0.1) is 20.3 Å². The largest absolute Gasteiger partial charge is 0.497 e. The van der Waals surface area contributed by atoms with Gasteiger partial charge in [0.1, 0.15) is 17.3 Å². The predicted molar refractivity (Wildman–Crippen MR) is 98.7 cm³/mol. The highest BCUT2D eigenvalue weighted by Gasteiger charge is 2.30. The number of hydrogen-bond acceptors (Lipinski definition) is 3. The Balaban J connectivity index is 1.79. The zero-order chi connectivity index (χ0) is 18.5. The predicted octanol–water partition coefficient (Wildman–Crippen LogP) is 4.22. The molecule has 2 aromatic rings. The van der Waals surface area contributed by atoms with E-state index in [-0.39, 0.29) is 17.8 Å². The van der Waals surface area contributed by atoms with Gasteiger partial charge in [0, 0.05) is 24.3 Å². The highest BCUT2D eigenvalue weighted by Crippen LogP contribution is 2.38. The lowest BCUT2D eigenvalue weighted by Gasteiger charge is -2.25. The molecule has 0 aliphatic carbocycles. The number of likely N-dealkylation sites (tertiary alicyclic amines) is 1. The molecule has 3 rings (SSSR count). The molecule has 0 spiro atoms. The first-order valence-electron chi connectivity index (χ1n) is 8.58. The van der Waals surface area contributed by atoms with Crippen molar-refractivity contribution in [3.05, 3.63) is 65.5 Å². The maximum atomic E-state index is 13.0. The van der Waals surface area contributed by atoms with Crippen LogP contribution < -0.4 is 9.47 Å². The van der Waals surface area contributed by atoms with E-state index in [2.05, 4.69) is 0 Å². The number of methoxy groups -OCH3 is 2. The molecule has 2 aromatic carbocycles. The molecular weight excluding hydrogens is 333 g/mol. The minimum absolute atomic E-state index is 0.0266. The number of nitrogens with zero attached hydrogens (tertiary/aromatic N) is 1. The number of ether oxygens (including phenoxy) is 2. The summed E-state index contributed by atoms with van der Waals surface area (Å²) in [5, 5.41) is 0. The van der Waals surface area contributed by atoms with Gasteiger partial charge < -0.3 is 14.4 Å². The minimum atomic E-state index is -0.292. The molecule has 1 atom stereocenters.